The third-order valence-electron chi connectivity index (χ3n) is 26.4. The summed E-state index contributed by atoms with van der Waals surface area (Å²) in [5, 5.41) is 60.6. The molecule has 8 aromatic carbocycles. The van der Waals surface area contributed by atoms with Gasteiger partial charge in [-0.05, 0) is 295 Å². The minimum absolute atomic E-state index is 0.0186. The minimum atomic E-state index is -1.13. The number of nitrogens with zero attached hydrogens (tertiary/aromatic N) is 5. The van der Waals surface area contributed by atoms with Gasteiger partial charge in [-0.2, -0.15) is 0 Å². The number of nitrogens with one attached hydrogen (secondary N) is 5. The van der Waals surface area contributed by atoms with Gasteiger partial charge in [-0.25, -0.2) is 28.8 Å². The molecule has 6 atom stereocenters. The lowest BCUT2D eigenvalue weighted by atomic mass is 9.88. The number of piperidine rings is 4. The highest BCUT2D eigenvalue weighted by molar-refractivity contribution is 6.02. The SMILES string of the molecule is CC(C)(C)OC(=O)NCc1cccc(C2CCN(C(=O)c3cccc(C(=O)N4C[C@@H]5OC(C)(C)O[C@@H]5C4)c3)CC2)c1.CC(C)(C)OC(=O)NCc1cccc(C2CCN(C(=O)c3cccc(C(=O)O)c3)CC2)c1.CC(C)(C)OC(=O)NCc1cccc(C2CCNCC2)c1.CC1(C)O[C@H]2CNC[C@H]2O1.NCc1cccc(C2CCN(C(=O)c3cccc(C(=O)N4C[C@@H](O)[C@@H](O)C4)c3)CC2)c1.O=C(O)c1cccc(C(=O)O)c1. The highest BCUT2D eigenvalue weighted by atomic mass is 16.8. The Bertz CT molecular complexity index is 5810. The Morgan fingerprint density at radius 2 is 0.578 bits per heavy atom. The summed E-state index contributed by atoms with van der Waals surface area (Å²) in [7, 11) is 0. The van der Waals surface area contributed by atoms with Gasteiger partial charge in [-0.15, -0.1) is 0 Å². The lowest BCUT2D eigenvalue weighted by molar-refractivity contribution is -0.153. The van der Waals surface area contributed by atoms with E-state index in [0.29, 0.717) is 130 Å². The second-order valence-corrected chi connectivity index (χ2v) is 42.4. The molecule has 0 saturated carbocycles. The molecule has 8 amide bonds. The molecule has 790 valence electrons. The summed E-state index contributed by atoms with van der Waals surface area (Å²) < 4.78 is 38.9. The van der Waals surface area contributed by atoms with Crippen LogP contribution in [0.4, 0.5) is 14.4 Å². The molecule has 9 saturated heterocycles. The fraction of sp³-hybridized carbons (Fsp3) is 0.478. The Labute approximate surface area is 860 Å². The number of β-amino-alcohol motifs (C(OH)–C–C–N with tert-alkyl or cyclic N) is 2. The van der Waals surface area contributed by atoms with Gasteiger partial charge in [0.2, 0.25) is 0 Å². The van der Waals surface area contributed by atoms with E-state index in [-0.39, 0.29) is 95.6 Å². The molecule has 147 heavy (non-hydrogen) atoms. The molecule has 12 N–H and O–H groups in total. The van der Waals surface area contributed by atoms with Crippen LogP contribution in [0.3, 0.4) is 0 Å². The molecule has 9 aliphatic rings. The number of alkyl carbamates (subject to hydrolysis) is 3. The molecule has 8 aromatic rings. The van der Waals surface area contributed by atoms with Crippen LogP contribution in [0, 0.1) is 0 Å². The van der Waals surface area contributed by atoms with Crippen molar-refractivity contribution in [2.45, 2.75) is 256 Å². The summed E-state index contributed by atoms with van der Waals surface area (Å²) in [6.07, 6.45) is 4.72. The Morgan fingerprint density at radius 3 is 0.871 bits per heavy atom. The summed E-state index contributed by atoms with van der Waals surface area (Å²) in [6, 6.07) is 58.3. The summed E-state index contributed by atoms with van der Waals surface area (Å²) >= 11 is 0. The molecule has 0 bridgehead atoms. The van der Waals surface area contributed by atoms with Crippen LogP contribution >= 0.6 is 0 Å². The summed E-state index contributed by atoms with van der Waals surface area (Å²) in [5.74, 6) is -3.23. The summed E-state index contributed by atoms with van der Waals surface area (Å²) in [6.45, 7) is 35.2. The van der Waals surface area contributed by atoms with E-state index in [2.05, 4.69) is 81.2 Å². The van der Waals surface area contributed by atoms with Crippen molar-refractivity contribution >= 4 is 65.7 Å². The van der Waals surface area contributed by atoms with Crippen molar-refractivity contribution in [3.8, 4) is 0 Å². The van der Waals surface area contributed by atoms with Gasteiger partial charge in [-0.3, -0.25) is 24.0 Å². The molecule has 34 heteroatoms. The molecule has 0 unspecified atom stereocenters. The van der Waals surface area contributed by atoms with Gasteiger partial charge in [-0.1, -0.05) is 121 Å². The van der Waals surface area contributed by atoms with E-state index in [1.54, 1.807) is 70.5 Å². The highest BCUT2D eigenvalue weighted by Gasteiger charge is 2.49. The minimum Gasteiger partial charge on any atom is -0.478 e. The average Bonchev–Trinajstić information content (AvgIpc) is 1.63. The number of carbonyl (C=O) groups excluding carboxylic acids is 8. The number of amides is 8. The second kappa shape index (κ2) is 51.1. The van der Waals surface area contributed by atoms with Crippen molar-refractivity contribution < 1.29 is 111 Å². The smallest absolute Gasteiger partial charge is 0.407 e. The fourth-order valence-corrected chi connectivity index (χ4v) is 19.2. The summed E-state index contributed by atoms with van der Waals surface area (Å²) in [5.41, 5.74) is 15.9. The summed E-state index contributed by atoms with van der Waals surface area (Å²) in [4.78, 5) is 141. The van der Waals surface area contributed by atoms with Crippen molar-refractivity contribution in [1.29, 1.82) is 0 Å². The number of aromatic carboxylic acids is 3. The average molecular weight is 2030 g/mol. The molecule has 0 radical (unpaired) electrons. The van der Waals surface area contributed by atoms with Gasteiger partial charge < -0.3 is 116 Å². The normalized spacial score (nSPS) is 20.2. The Balaban J connectivity index is 0.000000165. The van der Waals surface area contributed by atoms with Crippen molar-refractivity contribution in [2.24, 2.45) is 5.73 Å². The number of aliphatic hydroxyl groups excluding tert-OH is 2. The first-order valence-electron chi connectivity index (χ1n) is 50.7. The molecule has 9 fully saturated rings. The number of benzene rings is 8. The van der Waals surface area contributed by atoms with Crippen LogP contribution in [0.5, 0.6) is 0 Å². The van der Waals surface area contributed by atoms with Gasteiger partial charge in [0, 0.05) is 119 Å². The van der Waals surface area contributed by atoms with Crippen LogP contribution in [-0.4, -0.2) is 272 Å². The standard InChI is InChI=1S/C32H41N3O6.C25H30N2O5.C24H29N3O4.C17H26N2O2.C8H6O4.C7H13NO2/c1-31(2,3)41-30(38)33-18-21-8-6-9-23(16-21)22-12-14-34(15-13-22)28(36)24-10-7-11-25(17-24)29(37)35-19-26-27(20-35)40-32(4,5)39-26;1-25(2,3)32-24(31)26-16-17-6-4-7-19(14-17)18-10-12-27(13-11-18)22(28)20-8-5-9-21(15-20)23(29)30;25-13-16-3-1-4-18(11-16)17-7-9-26(10-8-17)23(30)19-5-2-6-20(12-19)24(31)27-14-21(28)22(29)15-27;1-17(2,3)21-16(20)19-12-13-5-4-6-15(11-13)14-7-9-18-10-8-14;9-7(10)5-2-1-3-6(4-5)8(11)12;1-7(2)9-5-3-8-4-6(5)10-7/h6-11,16-17,22,26-27H,12-15,18-20H2,1-5H3,(H,33,38);4-9,14-15,18H,10-13,16H2,1-3H3,(H,26,31)(H,29,30);1-6,11-12,17,21-22,28-29H,7-10,13-15,25H2;4-6,11,14,18H,7-10,12H2,1-3H3,(H,19,20);1-4H,(H,9,10)(H,11,12);5-6,8H,3-4H2,1-2H3/t26-,27+;;21-,22+;;;5-,6+. The first-order chi connectivity index (χ1) is 69.7. The van der Waals surface area contributed by atoms with E-state index in [0.717, 1.165) is 93.0 Å². The lowest BCUT2D eigenvalue weighted by Crippen LogP contribution is -2.38. The number of nitrogens with two attached hydrogens (primary N) is 1. The predicted molar refractivity (Wildman–Crippen MR) is 552 cm³/mol. The van der Waals surface area contributed by atoms with E-state index in [9.17, 15) is 63.0 Å². The number of likely N-dealkylation sites (tertiary alicyclic amines) is 5. The monoisotopic (exact) mass is 2020 g/mol. The molecular weight excluding hydrogens is 1880 g/mol. The van der Waals surface area contributed by atoms with Gasteiger partial charge >= 0.3 is 36.2 Å². The second-order valence-electron chi connectivity index (χ2n) is 42.4. The fourth-order valence-electron chi connectivity index (χ4n) is 19.2. The number of carboxylic acid groups (broad SMARTS) is 3. The molecule has 0 spiro atoms. The highest BCUT2D eigenvalue weighted by Crippen LogP contribution is 2.38. The van der Waals surface area contributed by atoms with Crippen molar-refractivity contribution in [3.05, 3.63) is 283 Å². The van der Waals surface area contributed by atoms with E-state index in [1.165, 1.54) is 70.3 Å². The van der Waals surface area contributed by atoms with Crippen LogP contribution in [0.1, 0.15) is 292 Å². The molecule has 9 aliphatic heterocycles. The zero-order chi connectivity index (χ0) is 106. The Hall–Kier alpha value is -13.0. The third kappa shape index (κ3) is 34.0. The maximum Gasteiger partial charge on any atom is 0.407 e. The maximum atomic E-state index is 13.4. The quantitative estimate of drug-likeness (QED) is 0.0335. The zero-order valence-electron chi connectivity index (χ0n) is 86.5. The predicted octanol–water partition coefficient (Wildman–Crippen LogP) is 14.8. The zero-order valence-corrected chi connectivity index (χ0v) is 86.5. The molecule has 34 nitrogen and oxygen atoms in total. The number of carboxylic acids is 3. The molecule has 0 aliphatic carbocycles. The van der Waals surface area contributed by atoms with Crippen LogP contribution in [-0.2, 0) is 59.3 Å². The Morgan fingerprint density at radius 1 is 0.333 bits per heavy atom. The van der Waals surface area contributed by atoms with Gasteiger partial charge in [0.1, 0.15) is 41.2 Å². The van der Waals surface area contributed by atoms with E-state index < -0.39 is 64.9 Å². The van der Waals surface area contributed by atoms with E-state index in [1.807, 2.05) is 142 Å². The number of hydrogen-bond donors (Lipinski definition) is 11. The number of carbonyl (C=O) groups is 11. The van der Waals surface area contributed by atoms with E-state index in [4.69, 9.17) is 54.2 Å². The maximum absolute atomic E-state index is 13.4. The van der Waals surface area contributed by atoms with Crippen molar-refractivity contribution in [1.82, 2.24) is 51.1 Å². The number of hydrogen-bond acceptors (Lipinski definition) is 23. The van der Waals surface area contributed by atoms with Crippen LogP contribution < -0.4 is 32.3 Å². The van der Waals surface area contributed by atoms with Crippen LogP contribution in [0.2, 0.25) is 0 Å². The van der Waals surface area contributed by atoms with Gasteiger partial charge in [0.15, 0.2) is 11.6 Å². The molecule has 17 rings (SSSR count). The largest absolute Gasteiger partial charge is 0.478 e. The third-order valence-corrected chi connectivity index (χ3v) is 26.4. The molecular formula is C113H145N11O23. The van der Waals surface area contributed by atoms with Gasteiger partial charge in [0.25, 0.3) is 29.5 Å². The molecule has 0 aromatic heterocycles. The van der Waals surface area contributed by atoms with Crippen molar-refractivity contribution in [3.63, 3.8) is 0 Å². The first kappa shape index (κ1) is 113. The number of rotatable bonds is 19. The number of ether oxygens (including phenoxy) is 7. The van der Waals surface area contributed by atoms with Gasteiger partial charge in [0.05, 0.1) is 42.0 Å². The Kier molecular flexibility index (Phi) is 39.1. The van der Waals surface area contributed by atoms with Crippen LogP contribution in [0.15, 0.2) is 194 Å². The topological polar surface area (TPSA) is 456 Å². The molecule has 9 heterocycles. The first-order valence-corrected chi connectivity index (χ1v) is 50.7. The van der Waals surface area contributed by atoms with Crippen LogP contribution in [0.25, 0.3) is 0 Å². The van der Waals surface area contributed by atoms with E-state index >= 15 is 0 Å². The van der Waals surface area contributed by atoms with Crippen molar-refractivity contribution in [2.75, 3.05) is 91.6 Å². The lowest BCUT2D eigenvalue weighted by Gasteiger charge is -2.32. The number of aliphatic hydroxyl groups is 2. The number of fused-ring (bicyclic) bond motifs is 2.